The number of fused-ring (bicyclic) bond motifs is 5. The van der Waals surface area contributed by atoms with Crippen LogP contribution in [0.3, 0.4) is 0 Å². The van der Waals surface area contributed by atoms with Crippen molar-refractivity contribution in [2.24, 2.45) is 0 Å². The van der Waals surface area contributed by atoms with E-state index < -0.39 is 5.41 Å². The first-order valence-electron chi connectivity index (χ1n) is 18.2. The summed E-state index contributed by atoms with van der Waals surface area (Å²) in [6.07, 6.45) is 3.76. The molecule has 3 heterocycles. The summed E-state index contributed by atoms with van der Waals surface area (Å²) >= 11 is 0. The number of nitriles is 1. The summed E-state index contributed by atoms with van der Waals surface area (Å²) in [5.41, 5.74) is 12.7. The van der Waals surface area contributed by atoms with E-state index in [4.69, 9.17) is 6.57 Å². The maximum absolute atomic E-state index is 9.98. The quantitative estimate of drug-likeness (QED) is 0.168. The van der Waals surface area contributed by atoms with E-state index in [1.165, 1.54) is 11.1 Å². The zero-order valence-corrected chi connectivity index (χ0v) is 29.6. The smallest absolute Gasteiger partial charge is 0.194 e. The third kappa shape index (κ3) is 4.81. The lowest BCUT2D eigenvalue weighted by molar-refractivity contribution is 0.731. The van der Waals surface area contributed by atoms with Crippen LogP contribution in [0.25, 0.3) is 43.5 Å². The Kier molecular flexibility index (Phi) is 7.40. The van der Waals surface area contributed by atoms with Gasteiger partial charge < -0.3 is 9.47 Å². The lowest BCUT2D eigenvalue weighted by Gasteiger charge is -2.46. The fourth-order valence-electron chi connectivity index (χ4n) is 8.73. The van der Waals surface area contributed by atoms with Crippen molar-refractivity contribution >= 4 is 44.6 Å². The Morgan fingerprint density at radius 1 is 0.582 bits per heavy atom. The van der Waals surface area contributed by atoms with Crippen molar-refractivity contribution in [3.8, 4) is 22.9 Å². The average molecular weight is 702 g/mol. The van der Waals surface area contributed by atoms with Crippen LogP contribution in [0.5, 0.6) is 0 Å². The molecule has 55 heavy (non-hydrogen) atoms. The summed E-state index contributed by atoms with van der Waals surface area (Å²) in [5, 5.41) is 12.1. The molecule has 0 saturated carbocycles. The minimum atomic E-state index is -0.606. The zero-order chi connectivity index (χ0) is 36.9. The van der Waals surface area contributed by atoms with Crippen LogP contribution in [0.1, 0.15) is 27.8 Å². The van der Waals surface area contributed by atoms with Gasteiger partial charge in [0.05, 0.1) is 46.0 Å². The van der Waals surface area contributed by atoms with Crippen LogP contribution in [-0.4, -0.2) is 9.55 Å². The number of hydrogen-bond donors (Lipinski definition) is 0. The summed E-state index contributed by atoms with van der Waals surface area (Å²) in [5.74, 6) is 0. The van der Waals surface area contributed by atoms with E-state index in [1.54, 1.807) is 12.1 Å². The van der Waals surface area contributed by atoms with E-state index >= 15 is 0 Å². The van der Waals surface area contributed by atoms with Crippen LogP contribution in [-0.2, 0) is 5.41 Å². The molecule has 5 heteroatoms. The van der Waals surface area contributed by atoms with Crippen LogP contribution in [0.2, 0.25) is 0 Å². The third-order valence-electron chi connectivity index (χ3n) is 11.0. The van der Waals surface area contributed by atoms with Crippen molar-refractivity contribution in [1.82, 2.24) is 9.55 Å². The summed E-state index contributed by atoms with van der Waals surface area (Å²) in [4.78, 5) is 10.8. The zero-order valence-electron chi connectivity index (χ0n) is 29.6. The number of anilines is 3. The van der Waals surface area contributed by atoms with Gasteiger partial charge >= 0.3 is 0 Å². The maximum atomic E-state index is 9.98. The van der Waals surface area contributed by atoms with Crippen molar-refractivity contribution in [3.05, 3.63) is 228 Å². The van der Waals surface area contributed by atoms with Gasteiger partial charge in [0, 0.05) is 34.5 Å². The molecule has 0 saturated heterocycles. The number of aromatic nitrogens is 2. The van der Waals surface area contributed by atoms with Gasteiger partial charge in [0.25, 0.3) is 0 Å². The molecule has 0 spiro atoms. The molecule has 0 unspecified atom stereocenters. The second kappa shape index (κ2) is 12.7. The van der Waals surface area contributed by atoms with E-state index in [0.717, 1.165) is 61.2 Å². The Morgan fingerprint density at radius 3 is 1.85 bits per heavy atom. The molecule has 1 aliphatic heterocycles. The van der Waals surface area contributed by atoms with Crippen LogP contribution in [0, 0.1) is 17.9 Å². The van der Waals surface area contributed by atoms with E-state index in [-0.39, 0.29) is 0 Å². The molecule has 10 rings (SSSR count). The lowest BCUT2D eigenvalue weighted by atomic mass is 9.62. The maximum Gasteiger partial charge on any atom is 0.194 e. The highest BCUT2D eigenvalue weighted by Crippen LogP contribution is 2.58. The molecule has 9 aromatic rings. The second-order valence-electron chi connectivity index (χ2n) is 13.8. The van der Waals surface area contributed by atoms with E-state index in [2.05, 4.69) is 183 Å². The van der Waals surface area contributed by atoms with Crippen molar-refractivity contribution in [2.75, 3.05) is 4.90 Å². The van der Waals surface area contributed by atoms with E-state index in [9.17, 15) is 5.26 Å². The first kappa shape index (κ1) is 32.0. The summed E-state index contributed by atoms with van der Waals surface area (Å²) < 4.78 is 2.28. The largest absolute Gasteiger partial charge is 0.310 e. The van der Waals surface area contributed by atoms with Gasteiger partial charge in [0.1, 0.15) is 0 Å². The second-order valence-corrected chi connectivity index (χ2v) is 13.8. The number of pyridine rings is 1. The summed E-state index contributed by atoms with van der Waals surface area (Å²) in [6, 6.07) is 63.6. The Balaban J connectivity index is 1.32. The number of para-hydroxylation sites is 3. The Morgan fingerprint density at radius 2 is 1.18 bits per heavy atom. The number of benzene rings is 7. The van der Waals surface area contributed by atoms with Crippen molar-refractivity contribution in [2.45, 2.75) is 5.41 Å². The molecular formula is C50H31N5. The lowest BCUT2D eigenvalue weighted by Crippen LogP contribution is -2.37. The Bertz CT molecular complexity index is 2880. The minimum absolute atomic E-state index is 0.486. The number of hydrogen-bond acceptors (Lipinski definition) is 3. The molecule has 7 aromatic carbocycles. The molecule has 256 valence electrons. The summed E-state index contributed by atoms with van der Waals surface area (Å²) in [6.45, 7) is 8.14. The highest BCUT2D eigenvalue weighted by Gasteiger charge is 2.46. The predicted molar refractivity (Wildman–Crippen MR) is 222 cm³/mol. The standard InChI is InChI=1S/C50H31N5/c1-52-45-25-24-34(32-51)28-41(45)35-29-38(54-46-21-11-8-18-40(46)42-33-53-27-26-47(42)54)31-39(30-35)55-48-22-12-9-19-43(48)50(36-14-4-2-5-15-36,37-16-6-3-7-17-37)44-20-10-13-23-49(44)55/h2-31,33H. The van der Waals surface area contributed by atoms with Gasteiger partial charge in [0.15, 0.2) is 5.69 Å². The fraction of sp³-hybridized carbons (Fsp3) is 0.0200. The highest BCUT2D eigenvalue weighted by molar-refractivity contribution is 6.09. The molecule has 0 bridgehead atoms. The summed E-state index contributed by atoms with van der Waals surface area (Å²) in [7, 11) is 0. The first-order valence-corrected chi connectivity index (χ1v) is 18.2. The molecule has 0 aliphatic carbocycles. The van der Waals surface area contributed by atoms with Crippen LogP contribution in [0.4, 0.5) is 22.7 Å². The molecule has 1 aliphatic rings. The van der Waals surface area contributed by atoms with Crippen LogP contribution in [0.15, 0.2) is 188 Å². The molecule has 0 amide bonds. The van der Waals surface area contributed by atoms with Crippen LogP contribution >= 0.6 is 0 Å². The van der Waals surface area contributed by atoms with Gasteiger partial charge in [-0.2, -0.15) is 5.26 Å². The van der Waals surface area contributed by atoms with Gasteiger partial charge in [-0.3, -0.25) is 4.98 Å². The number of nitrogens with zero attached hydrogens (tertiary/aromatic N) is 5. The first-order chi connectivity index (χ1) is 27.2. The highest BCUT2D eigenvalue weighted by atomic mass is 15.2. The van der Waals surface area contributed by atoms with Gasteiger partial charge in [-0.15, -0.1) is 0 Å². The molecule has 5 nitrogen and oxygen atoms in total. The van der Waals surface area contributed by atoms with Gasteiger partial charge in [-0.25, -0.2) is 4.85 Å². The monoisotopic (exact) mass is 701 g/mol. The van der Waals surface area contributed by atoms with E-state index in [0.29, 0.717) is 16.8 Å². The van der Waals surface area contributed by atoms with E-state index in [1.807, 2.05) is 18.5 Å². The Labute approximate surface area is 319 Å². The van der Waals surface area contributed by atoms with Gasteiger partial charge in [-0.05, 0) is 81.9 Å². The van der Waals surface area contributed by atoms with Gasteiger partial charge in [-0.1, -0.05) is 127 Å². The predicted octanol–water partition coefficient (Wildman–Crippen LogP) is 12.4. The average Bonchev–Trinajstić information content (AvgIpc) is 3.60. The van der Waals surface area contributed by atoms with Crippen molar-refractivity contribution in [3.63, 3.8) is 0 Å². The Hall–Kier alpha value is -7.73. The molecule has 2 aromatic heterocycles. The SMILES string of the molecule is [C-]#[N+]c1ccc(C#N)cc1-c1cc(N2c3ccccc3C(c3ccccc3)(c3ccccc3)c3ccccc32)cc(-n2c3ccccc3c3cnccc32)c1. The topological polar surface area (TPSA) is 49.2 Å². The molecule has 0 N–H and O–H groups in total. The molecule has 0 atom stereocenters. The van der Waals surface area contributed by atoms with Crippen molar-refractivity contribution < 1.29 is 0 Å². The fourth-order valence-corrected chi connectivity index (χ4v) is 8.73. The normalized spacial score (nSPS) is 12.8. The molecule has 0 fully saturated rings. The molecule has 0 radical (unpaired) electrons. The third-order valence-corrected chi connectivity index (χ3v) is 11.0. The van der Waals surface area contributed by atoms with Gasteiger partial charge in [0.2, 0.25) is 0 Å². The van der Waals surface area contributed by atoms with Crippen LogP contribution < -0.4 is 4.90 Å². The minimum Gasteiger partial charge on any atom is -0.310 e. The number of rotatable bonds is 5. The molecular weight excluding hydrogens is 671 g/mol. The van der Waals surface area contributed by atoms with Crippen molar-refractivity contribution in [1.29, 1.82) is 5.26 Å².